The summed E-state index contributed by atoms with van der Waals surface area (Å²) in [5.41, 5.74) is 0.385. The Labute approximate surface area is 68.6 Å². The van der Waals surface area contributed by atoms with Crippen LogP contribution in [0.3, 0.4) is 0 Å². The zero-order valence-electron chi connectivity index (χ0n) is 5.97. The first-order valence-electron chi connectivity index (χ1n) is 3.01. The van der Waals surface area contributed by atoms with E-state index >= 15 is 0 Å². The van der Waals surface area contributed by atoms with Crippen molar-refractivity contribution in [1.29, 1.82) is 0 Å². The molecule has 1 aromatic carbocycles. The van der Waals surface area contributed by atoms with Crippen LogP contribution in [0.4, 0.5) is 10.1 Å². The Morgan fingerprint density at radius 2 is 2.27 bits per heavy atom. The van der Waals surface area contributed by atoms with Gasteiger partial charge < -0.3 is 9.83 Å². The molecule has 0 spiro atoms. The van der Waals surface area contributed by atoms with Crippen LogP contribution in [0.15, 0.2) is 18.2 Å². The van der Waals surface area contributed by atoms with Crippen LogP contribution < -0.4 is 4.72 Å². The molecule has 0 amide bonds. The van der Waals surface area contributed by atoms with E-state index in [1.165, 1.54) is 24.1 Å². The van der Waals surface area contributed by atoms with E-state index in [2.05, 4.69) is 4.72 Å². The summed E-state index contributed by atoms with van der Waals surface area (Å²) >= 11 is 1.30. The van der Waals surface area contributed by atoms with Crippen LogP contribution >= 0.6 is 11.9 Å². The van der Waals surface area contributed by atoms with Gasteiger partial charge in [-0.3, -0.25) is 0 Å². The molecule has 0 aliphatic rings. The highest BCUT2D eigenvalue weighted by molar-refractivity contribution is 7.99. The van der Waals surface area contributed by atoms with Crippen LogP contribution in [0, 0.1) is 5.82 Å². The molecule has 4 heteroatoms. The van der Waals surface area contributed by atoms with Crippen molar-refractivity contribution in [2.24, 2.45) is 0 Å². The molecular weight excluding hydrogens is 165 g/mol. The third kappa shape index (κ3) is 2.01. The monoisotopic (exact) mass is 173 g/mol. The molecule has 2 nitrogen and oxygen atoms in total. The lowest BCUT2D eigenvalue weighted by Crippen LogP contribution is -1.88. The van der Waals surface area contributed by atoms with Gasteiger partial charge in [-0.1, -0.05) is 11.9 Å². The number of benzene rings is 1. The number of phenols is 1. The number of aromatic hydroxyl groups is 1. The average Bonchev–Trinajstić information content (AvgIpc) is 1.95. The van der Waals surface area contributed by atoms with Gasteiger partial charge in [-0.15, -0.1) is 0 Å². The van der Waals surface area contributed by atoms with Gasteiger partial charge in [-0.05, 0) is 12.1 Å². The number of rotatable bonds is 2. The molecule has 0 aliphatic carbocycles. The van der Waals surface area contributed by atoms with Crippen molar-refractivity contribution in [3.63, 3.8) is 0 Å². The predicted octanol–water partition coefficient (Wildman–Crippen LogP) is 2.22. The molecule has 1 aromatic rings. The smallest absolute Gasteiger partial charge is 0.150 e. The van der Waals surface area contributed by atoms with Crippen molar-refractivity contribution >= 4 is 17.6 Å². The molecule has 0 aromatic heterocycles. The molecule has 0 saturated carbocycles. The first-order valence-corrected chi connectivity index (χ1v) is 4.24. The van der Waals surface area contributed by atoms with Crippen LogP contribution in [0.1, 0.15) is 0 Å². The second-order valence-electron chi connectivity index (χ2n) is 1.97. The maximum atomic E-state index is 12.8. The van der Waals surface area contributed by atoms with Crippen molar-refractivity contribution in [1.82, 2.24) is 0 Å². The summed E-state index contributed by atoms with van der Waals surface area (Å²) in [6.45, 7) is 0. The molecule has 0 radical (unpaired) electrons. The molecular formula is C7H8FNOS. The van der Waals surface area contributed by atoms with E-state index in [0.717, 1.165) is 6.07 Å². The van der Waals surface area contributed by atoms with Crippen molar-refractivity contribution in [3.05, 3.63) is 24.0 Å². The van der Waals surface area contributed by atoms with Crippen molar-refractivity contribution in [3.8, 4) is 5.75 Å². The van der Waals surface area contributed by atoms with Crippen LogP contribution in [0.25, 0.3) is 0 Å². The number of anilines is 1. The molecule has 0 heterocycles. The Hall–Kier alpha value is -0.900. The zero-order chi connectivity index (χ0) is 8.27. The minimum Gasteiger partial charge on any atom is -0.508 e. The van der Waals surface area contributed by atoms with Gasteiger partial charge in [0.2, 0.25) is 0 Å². The van der Waals surface area contributed by atoms with E-state index in [4.69, 9.17) is 5.11 Å². The zero-order valence-corrected chi connectivity index (χ0v) is 6.78. The lowest BCUT2D eigenvalue weighted by Gasteiger charge is -2.02. The molecule has 11 heavy (non-hydrogen) atoms. The quantitative estimate of drug-likeness (QED) is 0.531. The van der Waals surface area contributed by atoms with Gasteiger partial charge >= 0.3 is 0 Å². The Kier molecular flexibility index (Phi) is 2.59. The van der Waals surface area contributed by atoms with E-state index in [9.17, 15) is 4.39 Å². The summed E-state index contributed by atoms with van der Waals surface area (Å²) in [5.74, 6) is -0.506. The van der Waals surface area contributed by atoms with Gasteiger partial charge in [0.25, 0.3) is 0 Å². The third-order valence-corrected chi connectivity index (χ3v) is 1.59. The number of phenolic OH excluding ortho intramolecular Hbond substituents is 1. The molecule has 60 valence electrons. The van der Waals surface area contributed by atoms with Gasteiger partial charge in [0, 0.05) is 12.3 Å². The van der Waals surface area contributed by atoms with Gasteiger partial charge in [-0.25, -0.2) is 4.39 Å². The van der Waals surface area contributed by atoms with E-state index in [1.54, 1.807) is 6.26 Å². The lowest BCUT2D eigenvalue weighted by molar-refractivity contribution is 0.469. The van der Waals surface area contributed by atoms with Gasteiger partial charge in [0.05, 0.1) is 5.69 Å². The Morgan fingerprint density at radius 3 is 2.82 bits per heavy atom. The normalized spacial score (nSPS) is 9.64. The fourth-order valence-electron chi connectivity index (χ4n) is 0.697. The summed E-state index contributed by atoms with van der Waals surface area (Å²) < 4.78 is 15.5. The highest BCUT2D eigenvalue weighted by atomic mass is 32.2. The van der Waals surface area contributed by atoms with Crippen LogP contribution in [-0.4, -0.2) is 11.4 Å². The molecule has 0 saturated heterocycles. The molecule has 0 fully saturated rings. The van der Waals surface area contributed by atoms with Crippen molar-refractivity contribution in [2.45, 2.75) is 0 Å². The Morgan fingerprint density at radius 1 is 1.55 bits per heavy atom. The van der Waals surface area contributed by atoms with E-state index < -0.39 is 5.82 Å². The fourth-order valence-corrected chi connectivity index (χ4v) is 1.08. The molecule has 0 atom stereocenters. The minimum atomic E-state index is -0.445. The van der Waals surface area contributed by atoms with E-state index in [0.29, 0.717) is 5.69 Å². The molecule has 1 rings (SSSR count). The number of hydrogen-bond donors (Lipinski definition) is 2. The topological polar surface area (TPSA) is 32.3 Å². The summed E-state index contributed by atoms with van der Waals surface area (Å²) in [5, 5.41) is 8.83. The highest BCUT2D eigenvalue weighted by Gasteiger charge is 2.00. The first kappa shape index (κ1) is 8.20. The lowest BCUT2D eigenvalue weighted by atomic mass is 10.3. The average molecular weight is 173 g/mol. The predicted molar refractivity (Wildman–Crippen MR) is 45.2 cm³/mol. The highest BCUT2D eigenvalue weighted by Crippen LogP contribution is 2.20. The van der Waals surface area contributed by atoms with Crippen molar-refractivity contribution < 1.29 is 9.50 Å². The second kappa shape index (κ2) is 3.48. The van der Waals surface area contributed by atoms with Gasteiger partial charge in [-0.2, -0.15) is 0 Å². The van der Waals surface area contributed by atoms with Crippen LogP contribution in [0.2, 0.25) is 0 Å². The number of halogens is 1. The largest absolute Gasteiger partial charge is 0.508 e. The molecule has 0 unspecified atom stereocenters. The van der Waals surface area contributed by atoms with Crippen molar-refractivity contribution in [2.75, 3.05) is 11.0 Å². The Bertz CT molecular complexity index is 254. The second-order valence-corrected chi connectivity index (χ2v) is 2.58. The summed E-state index contributed by atoms with van der Waals surface area (Å²) in [4.78, 5) is 0. The minimum absolute atomic E-state index is 0.0610. The maximum Gasteiger partial charge on any atom is 0.150 e. The van der Waals surface area contributed by atoms with E-state index in [-0.39, 0.29) is 5.75 Å². The Balaban J connectivity index is 2.90. The van der Waals surface area contributed by atoms with E-state index in [1.807, 2.05) is 0 Å². The SMILES string of the molecule is CSNc1ccc(O)cc1F. The summed E-state index contributed by atoms with van der Waals surface area (Å²) in [6.07, 6.45) is 1.80. The fraction of sp³-hybridized carbons (Fsp3) is 0.143. The molecule has 2 N–H and O–H groups in total. The van der Waals surface area contributed by atoms with Crippen LogP contribution in [0.5, 0.6) is 5.75 Å². The standard InChI is InChI=1S/C7H8FNOS/c1-11-9-7-3-2-5(10)4-6(7)8/h2-4,9-10H,1H3. The first-order chi connectivity index (χ1) is 5.24. The van der Waals surface area contributed by atoms with Gasteiger partial charge in [0.15, 0.2) is 5.82 Å². The van der Waals surface area contributed by atoms with Gasteiger partial charge in [0.1, 0.15) is 5.75 Å². The maximum absolute atomic E-state index is 12.8. The third-order valence-electron chi connectivity index (χ3n) is 1.16. The summed E-state index contributed by atoms with van der Waals surface area (Å²) in [7, 11) is 0. The van der Waals surface area contributed by atoms with Crippen LogP contribution in [-0.2, 0) is 0 Å². The number of hydrogen-bond acceptors (Lipinski definition) is 3. The summed E-state index contributed by atoms with van der Waals surface area (Å²) in [6, 6.07) is 3.99. The molecule has 0 aliphatic heterocycles. The molecule has 0 bridgehead atoms. The number of nitrogens with one attached hydrogen (secondary N) is 1.